The number of hydrogen-bond donors (Lipinski definition) is 0. The van der Waals surface area contributed by atoms with Crippen molar-refractivity contribution in [1.82, 2.24) is 9.80 Å². The van der Waals surface area contributed by atoms with E-state index in [4.69, 9.17) is 11.6 Å². The molecule has 0 N–H and O–H groups in total. The third-order valence-electron chi connectivity index (χ3n) is 3.76. The standard InChI is InChI=1S/C17H23ClN2O/c1-2-6-17(21)20-13-11-19(12-14-20)10-5-8-15-7-3-4-9-16(15)18/h3-5,7-9H,2,6,10-14H2,1H3/b8-5+. The first-order chi connectivity index (χ1) is 10.2. The van der Waals surface area contributed by atoms with Crippen LogP contribution in [0.5, 0.6) is 0 Å². The minimum absolute atomic E-state index is 0.295. The molecule has 0 spiro atoms. The highest BCUT2D eigenvalue weighted by atomic mass is 35.5. The molecule has 1 fully saturated rings. The van der Waals surface area contributed by atoms with Crippen LogP contribution in [-0.2, 0) is 4.79 Å². The lowest BCUT2D eigenvalue weighted by atomic mass is 10.2. The van der Waals surface area contributed by atoms with Gasteiger partial charge in [0.05, 0.1) is 0 Å². The van der Waals surface area contributed by atoms with E-state index in [1.54, 1.807) is 0 Å². The van der Waals surface area contributed by atoms with Crippen molar-refractivity contribution < 1.29 is 4.79 Å². The molecule has 21 heavy (non-hydrogen) atoms. The maximum atomic E-state index is 11.8. The van der Waals surface area contributed by atoms with E-state index in [2.05, 4.69) is 17.1 Å². The van der Waals surface area contributed by atoms with Crippen LogP contribution in [0.2, 0.25) is 5.02 Å². The number of carbonyl (C=O) groups is 1. The molecule has 1 saturated heterocycles. The van der Waals surface area contributed by atoms with E-state index in [9.17, 15) is 4.79 Å². The van der Waals surface area contributed by atoms with Crippen LogP contribution in [0.25, 0.3) is 6.08 Å². The number of nitrogens with zero attached hydrogens (tertiary/aromatic N) is 2. The molecule has 2 rings (SSSR count). The molecule has 0 unspecified atom stereocenters. The number of halogens is 1. The zero-order valence-corrected chi connectivity index (χ0v) is 13.4. The van der Waals surface area contributed by atoms with E-state index in [1.807, 2.05) is 36.1 Å². The van der Waals surface area contributed by atoms with Gasteiger partial charge in [-0.1, -0.05) is 48.9 Å². The minimum atomic E-state index is 0.295. The smallest absolute Gasteiger partial charge is 0.222 e. The largest absolute Gasteiger partial charge is 0.340 e. The normalized spacial score (nSPS) is 16.6. The summed E-state index contributed by atoms with van der Waals surface area (Å²) in [5, 5.41) is 0.781. The summed E-state index contributed by atoms with van der Waals surface area (Å²) in [6, 6.07) is 7.84. The van der Waals surface area contributed by atoms with Crippen molar-refractivity contribution in [3.8, 4) is 0 Å². The molecule has 1 aromatic rings. The fourth-order valence-corrected chi connectivity index (χ4v) is 2.69. The monoisotopic (exact) mass is 306 g/mol. The fourth-order valence-electron chi connectivity index (χ4n) is 2.49. The van der Waals surface area contributed by atoms with Crippen LogP contribution < -0.4 is 0 Å². The Bertz CT molecular complexity index is 493. The molecule has 0 atom stereocenters. The first-order valence-corrected chi connectivity index (χ1v) is 7.99. The Kier molecular flexibility index (Phi) is 6.27. The van der Waals surface area contributed by atoms with Gasteiger partial charge >= 0.3 is 0 Å². The van der Waals surface area contributed by atoms with Crippen molar-refractivity contribution in [3.05, 3.63) is 40.9 Å². The van der Waals surface area contributed by atoms with Gasteiger partial charge in [-0.15, -0.1) is 0 Å². The summed E-state index contributed by atoms with van der Waals surface area (Å²) in [6.07, 6.45) is 5.81. The molecule has 0 aliphatic carbocycles. The molecule has 0 radical (unpaired) electrons. The molecule has 0 aromatic heterocycles. The van der Waals surface area contributed by atoms with Gasteiger partial charge in [-0.2, -0.15) is 0 Å². The highest BCUT2D eigenvalue weighted by molar-refractivity contribution is 6.32. The van der Waals surface area contributed by atoms with Crippen LogP contribution in [0, 0.1) is 0 Å². The van der Waals surface area contributed by atoms with E-state index in [-0.39, 0.29) is 0 Å². The lowest BCUT2D eigenvalue weighted by Gasteiger charge is -2.34. The molecule has 1 amide bonds. The highest BCUT2D eigenvalue weighted by Gasteiger charge is 2.19. The molecule has 1 aliphatic heterocycles. The lowest BCUT2D eigenvalue weighted by molar-refractivity contribution is -0.132. The van der Waals surface area contributed by atoms with Crippen LogP contribution in [0.1, 0.15) is 25.3 Å². The lowest BCUT2D eigenvalue weighted by Crippen LogP contribution is -2.48. The minimum Gasteiger partial charge on any atom is -0.340 e. The SMILES string of the molecule is CCCC(=O)N1CCN(C/C=C/c2ccccc2Cl)CC1. The summed E-state index contributed by atoms with van der Waals surface area (Å²) < 4.78 is 0. The van der Waals surface area contributed by atoms with Gasteiger partial charge in [-0.3, -0.25) is 9.69 Å². The Balaban J connectivity index is 1.76. The van der Waals surface area contributed by atoms with Gasteiger partial charge in [0.2, 0.25) is 5.91 Å². The summed E-state index contributed by atoms with van der Waals surface area (Å²) in [7, 11) is 0. The number of carbonyl (C=O) groups excluding carboxylic acids is 1. The highest BCUT2D eigenvalue weighted by Crippen LogP contribution is 2.16. The van der Waals surface area contributed by atoms with Gasteiger partial charge in [0.25, 0.3) is 0 Å². The van der Waals surface area contributed by atoms with Crippen molar-refractivity contribution in [2.24, 2.45) is 0 Å². The average molecular weight is 307 g/mol. The fraction of sp³-hybridized carbons (Fsp3) is 0.471. The summed E-state index contributed by atoms with van der Waals surface area (Å²) in [4.78, 5) is 16.2. The van der Waals surface area contributed by atoms with Crippen molar-refractivity contribution in [2.75, 3.05) is 32.7 Å². The van der Waals surface area contributed by atoms with Gasteiger partial charge in [-0.05, 0) is 18.1 Å². The molecule has 114 valence electrons. The van der Waals surface area contributed by atoms with E-state index in [1.165, 1.54) is 0 Å². The van der Waals surface area contributed by atoms with Crippen LogP contribution in [0.15, 0.2) is 30.3 Å². The Morgan fingerprint density at radius 1 is 1.24 bits per heavy atom. The second-order valence-electron chi connectivity index (χ2n) is 5.36. The van der Waals surface area contributed by atoms with Crippen LogP contribution in [-0.4, -0.2) is 48.4 Å². The summed E-state index contributed by atoms with van der Waals surface area (Å²) in [5.41, 5.74) is 1.05. The van der Waals surface area contributed by atoms with Crippen LogP contribution in [0.4, 0.5) is 0 Å². The quantitative estimate of drug-likeness (QED) is 0.833. The topological polar surface area (TPSA) is 23.6 Å². The molecule has 1 heterocycles. The molecule has 1 aromatic carbocycles. The first-order valence-electron chi connectivity index (χ1n) is 7.62. The second kappa shape index (κ2) is 8.20. The predicted molar refractivity (Wildman–Crippen MR) is 88.4 cm³/mol. The van der Waals surface area contributed by atoms with E-state index < -0.39 is 0 Å². The average Bonchev–Trinajstić information content (AvgIpc) is 2.50. The van der Waals surface area contributed by atoms with Gasteiger partial charge in [0, 0.05) is 44.2 Å². The molecule has 4 heteroatoms. The first kappa shape index (κ1) is 16.1. The predicted octanol–water partition coefficient (Wildman–Crippen LogP) is 3.30. The maximum absolute atomic E-state index is 11.8. The summed E-state index contributed by atoms with van der Waals surface area (Å²) in [6.45, 7) is 6.54. The van der Waals surface area contributed by atoms with Crippen molar-refractivity contribution in [3.63, 3.8) is 0 Å². The summed E-state index contributed by atoms with van der Waals surface area (Å²) in [5.74, 6) is 0.295. The summed E-state index contributed by atoms with van der Waals surface area (Å²) >= 11 is 6.12. The van der Waals surface area contributed by atoms with Crippen LogP contribution in [0.3, 0.4) is 0 Å². The molecule has 1 aliphatic rings. The molecule has 0 bridgehead atoms. The van der Waals surface area contributed by atoms with Gasteiger partial charge < -0.3 is 4.90 Å². The number of hydrogen-bond acceptors (Lipinski definition) is 2. The zero-order chi connectivity index (χ0) is 15.1. The van der Waals surface area contributed by atoms with Crippen molar-refractivity contribution in [2.45, 2.75) is 19.8 Å². The van der Waals surface area contributed by atoms with Crippen LogP contribution >= 0.6 is 11.6 Å². The molecule has 3 nitrogen and oxygen atoms in total. The Labute approximate surface area is 132 Å². The van der Waals surface area contributed by atoms with E-state index in [0.29, 0.717) is 12.3 Å². The molecule has 0 saturated carbocycles. The maximum Gasteiger partial charge on any atom is 0.222 e. The zero-order valence-electron chi connectivity index (χ0n) is 12.6. The molecular formula is C17H23ClN2O. The van der Waals surface area contributed by atoms with Gasteiger partial charge in [0.1, 0.15) is 0 Å². The number of piperazine rings is 1. The Hall–Kier alpha value is -1.32. The molecular weight excluding hydrogens is 284 g/mol. The van der Waals surface area contributed by atoms with Gasteiger partial charge in [0.15, 0.2) is 0 Å². The van der Waals surface area contributed by atoms with Gasteiger partial charge in [-0.25, -0.2) is 0 Å². The number of rotatable bonds is 5. The third-order valence-corrected chi connectivity index (χ3v) is 4.10. The Morgan fingerprint density at radius 2 is 1.95 bits per heavy atom. The second-order valence-corrected chi connectivity index (χ2v) is 5.76. The van der Waals surface area contributed by atoms with Crippen molar-refractivity contribution in [1.29, 1.82) is 0 Å². The number of benzene rings is 1. The van der Waals surface area contributed by atoms with Crippen molar-refractivity contribution >= 4 is 23.6 Å². The van der Waals surface area contributed by atoms with E-state index in [0.717, 1.165) is 49.7 Å². The Morgan fingerprint density at radius 3 is 2.62 bits per heavy atom. The van der Waals surface area contributed by atoms with E-state index >= 15 is 0 Å². The number of amides is 1. The third kappa shape index (κ3) is 4.87.